The lowest BCUT2D eigenvalue weighted by molar-refractivity contribution is -0.137. The number of hydrogen-bond acceptors (Lipinski definition) is 5. The molecule has 1 rings (SSSR count). The fraction of sp³-hybridized carbons (Fsp3) is 0.385. The van der Waals surface area contributed by atoms with Crippen molar-refractivity contribution < 1.29 is 27.5 Å². The number of ether oxygens (including phenoxy) is 1. The predicted molar refractivity (Wildman–Crippen MR) is 72.6 cm³/mol. The summed E-state index contributed by atoms with van der Waals surface area (Å²) >= 11 is 5.71. The Hall–Kier alpha value is -2.34. The summed E-state index contributed by atoms with van der Waals surface area (Å²) in [5, 5.41) is 8.63. The maximum absolute atomic E-state index is 12.6. The normalized spacial score (nSPS) is 12.2. The van der Waals surface area contributed by atoms with Gasteiger partial charge in [0.15, 0.2) is 5.78 Å². The van der Waals surface area contributed by atoms with Crippen LogP contribution in [0.25, 0.3) is 0 Å². The first-order chi connectivity index (χ1) is 10.6. The van der Waals surface area contributed by atoms with Gasteiger partial charge in [0.05, 0.1) is 36.0 Å². The van der Waals surface area contributed by atoms with E-state index >= 15 is 0 Å². The van der Waals surface area contributed by atoms with Crippen LogP contribution in [0.1, 0.15) is 17.2 Å². The molecule has 0 saturated carbocycles. The lowest BCUT2D eigenvalue weighted by atomic mass is 10.00. The average Bonchev–Trinajstić information content (AvgIpc) is 2.47. The first kappa shape index (κ1) is 18.7. The minimum atomic E-state index is -4.65. The van der Waals surface area contributed by atoms with E-state index in [9.17, 15) is 22.8 Å². The molecule has 0 aliphatic heterocycles. The maximum atomic E-state index is 12.6. The van der Waals surface area contributed by atoms with Gasteiger partial charge in [-0.15, -0.1) is 0 Å². The van der Waals surface area contributed by atoms with Crippen molar-refractivity contribution in [2.75, 3.05) is 20.7 Å². The highest BCUT2D eigenvalue weighted by Gasteiger charge is 2.33. The number of amides is 1. The van der Waals surface area contributed by atoms with Crippen LogP contribution < -0.4 is 0 Å². The summed E-state index contributed by atoms with van der Waals surface area (Å²) in [6.45, 7) is -0.482. The van der Waals surface area contributed by atoms with Crippen LogP contribution in [-0.4, -0.2) is 42.5 Å². The standard InChI is InChI=1S/C13H11ClF3N3O3/c1-20(12(22)23-2)6-10(21)8(4-18)11-9(14)3-7(5-19-11)13(15,16)17/h3,5,8H,6H2,1-2H3/t8-/m0/s1. The second-order valence-electron chi connectivity index (χ2n) is 4.44. The van der Waals surface area contributed by atoms with Gasteiger partial charge in [-0.1, -0.05) is 11.6 Å². The number of Topliss-reactive ketones (excluding diaryl/α,β-unsaturated/α-hetero) is 1. The highest BCUT2D eigenvalue weighted by molar-refractivity contribution is 6.31. The fourth-order valence-electron chi connectivity index (χ4n) is 1.65. The van der Waals surface area contributed by atoms with Crippen molar-refractivity contribution in [1.29, 1.82) is 5.26 Å². The molecular formula is C13H11ClF3N3O3. The number of ketones is 1. The third-order valence-electron chi connectivity index (χ3n) is 2.80. The molecule has 1 aromatic rings. The monoisotopic (exact) mass is 349 g/mol. The van der Waals surface area contributed by atoms with Gasteiger partial charge in [-0.3, -0.25) is 9.78 Å². The number of carbonyl (C=O) groups excluding carboxylic acids is 2. The average molecular weight is 350 g/mol. The third-order valence-corrected chi connectivity index (χ3v) is 3.10. The molecule has 124 valence electrons. The van der Waals surface area contributed by atoms with Crippen LogP contribution in [-0.2, 0) is 15.7 Å². The molecule has 0 aliphatic carbocycles. The van der Waals surface area contributed by atoms with E-state index in [-0.39, 0.29) is 5.69 Å². The molecule has 0 saturated heterocycles. The minimum absolute atomic E-state index is 0.301. The number of rotatable bonds is 4. The van der Waals surface area contributed by atoms with Crippen LogP contribution in [0.4, 0.5) is 18.0 Å². The van der Waals surface area contributed by atoms with Gasteiger partial charge >= 0.3 is 12.3 Å². The van der Waals surface area contributed by atoms with Gasteiger partial charge in [0.25, 0.3) is 0 Å². The number of nitriles is 1. The van der Waals surface area contributed by atoms with E-state index in [4.69, 9.17) is 16.9 Å². The maximum Gasteiger partial charge on any atom is 0.417 e. The number of halogens is 4. The molecule has 10 heteroatoms. The van der Waals surface area contributed by atoms with Gasteiger partial charge in [-0.25, -0.2) is 4.79 Å². The molecule has 0 radical (unpaired) electrons. The molecule has 0 aliphatic rings. The zero-order valence-corrected chi connectivity index (χ0v) is 12.8. The van der Waals surface area contributed by atoms with E-state index in [1.807, 2.05) is 0 Å². The molecular weight excluding hydrogens is 339 g/mol. The second-order valence-corrected chi connectivity index (χ2v) is 4.85. The summed E-state index contributed by atoms with van der Waals surface area (Å²) in [4.78, 5) is 27.7. The summed E-state index contributed by atoms with van der Waals surface area (Å²) in [6, 6.07) is 2.21. The number of likely N-dealkylation sites (N-methyl/N-ethyl adjacent to an activating group) is 1. The van der Waals surface area contributed by atoms with Crippen LogP contribution in [0.2, 0.25) is 5.02 Å². The molecule has 0 N–H and O–H groups in total. The number of aromatic nitrogens is 1. The van der Waals surface area contributed by atoms with Crippen molar-refractivity contribution in [3.8, 4) is 6.07 Å². The Morgan fingerprint density at radius 1 is 1.52 bits per heavy atom. The number of hydrogen-bond donors (Lipinski definition) is 0. The van der Waals surface area contributed by atoms with Gasteiger partial charge in [0.2, 0.25) is 0 Å². The smallest absolute Gasteiger partial charge is 0.417 e. The number of carbonyl (C=O) groups is 2. The van der Waals surface area contributed by atoms with Crippen LogP contribution in [0.5, 0.6) is 0 Å². The summed E-state index contributed by atoms with van der Waals surface area (Å²) in [5.74, 6) is -2.26. The molecule has 1 heterocycles. The molecule has 1 atom stereocenters. The van der Waals surface area contributed by atoms with Crippen molar-refractivity contribution in [3.05, 3.63) is 28.5 Å². The van der Waals surface area contributed by atoms with E-state index in [2.05, 4.69) is 9.72 Å². The van der Waals surface area contributed by atoms with Gasteiger partial charge in [0.1, 0.15) is 5.92 Å². The fourth-order valence-corrected chi connectivity index (χ4v) is 1.92. The number of nitrogens with zero attached hydrogens (tertiary/aromatic N) is 3. The quantitative estimate of drug-likeness (QED) is 0.834. The molecule has 0 aromatic carbocycles. The molecule has 0 unspecified atom stereocenters. The number of pyridine rings is 1. The van der Waals surface area contributed by atoms with E-state index in [0.717, 1.165) is 12.0 Å². The number of alkyl halides is 3. The van der Waals surface area contributed by atoms with Crippen molar-refractivity contribution in [2.45, 2.75) is 12.1 Å². The summed E-state index contributed by atoms with van der Waals surface area (Å²) in [6.07, 6.45) is -4.96. The van der Waals surface area contributed by atoms with Crippen LogP contribution >= 0.6 is 11.6 Å². The molecule has 1 amide bonds. The molecule has 0 fully saturated rings. The highest BCUT2D eigenvalue weighted by atomic mass is 35.5. The molecule has 23 heavy (non-hydrogen) atoms. The van der Waals surface area contributed by atoms with E-state index in [1.54, 1.807) is 6.07 Å². The van der Waals surface area contributed by atoms with Crippen molar-refractivity contribution >= 4 is 23.5 Å². The van der Waals surface area contributed by atoms with Crippen molar-refractivity contribution in [2.24, 2.45) is 0 Å². The predicted octanol–water partition coefficient (Wildman–Crippen LogP) is 2.63. The van der Waals surface area contributed by atoms with Gasteiger partial charge in [-0.2, -0.15) is 18.4 Å². The van der Waals surface area contributed by atoms with Crippen LogP contribution in [0, 0.1) is 11.3 Å². The summed E-state index contributed by atoms with van der Waals surface area (Å²) in [7, 11) is 2.37. The van der Waals surface area contributed by atoms with Crippen LogP contribution in [0.3, 0.4) is 0 Å². The minimum Gasteiger partial charge on any atom is -0.453 e. The first-order valence-corrected chi connectivity index (χ1v) is 6.43. The summed E-state index contributed by atoms with van der Waals surface area (Å²) < 4.78 is 42.1. The largest absolute Gasteiger partial charge is 0.453 e. The van der Waals surface area contributed by atoms with Crippen LogP contribution in [0.15, 0.2) is 12.3 Å². The van der Waals surface area contributed by atoms with E-state index < -0.39 is 41.1 Å². The van der Waals surface area contributed by atoms with E-state index in [0.29, 0.717) is 12.3 Å². The SMILES string of the molecule is COC(=O)N(C)CC(=O)[C@H](C#N)c1ncc(C(F)(F)F)cc1Cl. The Morgan fingerprint density at radius 3 is 2.57 bits per heavy atom. The Morgan fingerprint density at radius 2 is 2.13 bits per heavy atom. The Kier molecular flexibility index (Phi) is 5.92. The Labute approximate surface area is 134 Å². The molecule has 0 bridgehead atoms. The van der Waals surface area contributed by atoms with Gasteiger partial charge in [0, 0.05) is 13.2 Å². The lowest BCUT2D eigenvalue weighted by Gasteiger charge is -2.17. The first-order valence-electron chi connectivity index (χ1n) is 6.05. The molecule has 6 nitrogen and oxygen atoms in total. The molecule has 0 spiro atoms. The van der Waals surface area contributed by atoms with Gasteiger partial charge < -0.3 is 9.64 Å². The zero-order chi connectivity index (χ0) is 17.8. The lowest BCUT2D eigenvalue weighted by Crippen LogP contribution is -2.34. The van der Waals surface area contributed by atoms with Crippen molar-refractivity contribution in [1.82, 2.24) is 9.88 Å². The Bertz CT molecular complexity index is 658. The zero-order valence-electron chi connectivity index (χ0n) is 12.0. The summed E-state index contributed by atoms with van der Waals surface area (Å²) in [5.41, 5.74) is -1.40. The van der Waals surface area contributed by atoms with Crippen molar-refractivity contribution in [3.63, 3.8) is 0 Å². The highest BCUT2D eigenvalue weighted by Crippen LogP contribution is 2.33. The van der Waals surface area contributed by atoms with E-state index in [1.165, 1.54) is 7.05 Å². The second kappa shape index (κ2) is 7.28. The number of methoxy groups -OCH3 is 1. The topological polar surface area (TPSA) is 83.3 Å². The molecule has 1 aromatic heterocycles. The Balaban J connectivity index is 3.05. The van der Waals surface area contributed by atoms with Gasteiger partial charge in [-0.05, 0) is 6.07 Å². The third kappa shape index (κ3) is 4.56.